The fraction of sp³-hybridized carbons (Fsp3) is 0.273. The third-order valence-electron chi connectivity index (χ3n) is 2.23. The highest BCUT2D eigenvalue weighted by Gasteiger charge is 2.16. The largest absolute Gasteiger partial charge is 0.481 e. The van der Waals surface area contributed by atoms with Gasteiger partial charge in [-0.2, -0.15) is 4.98 Å². The number of nitrogens with zero attached hydrogens (tertiary/aromatic N) is 3. The van der Waals surface area contributed by atoms with Gasteiger partial charge >= 0.3 is 0 Å². The van der Waals surface area contributed by atoms with Gasteiger partial charge in [-0.05, 0) is 13.0 Å². The number of ether oxygens (including phenoxy) is 2. The van der Waals surface area contributed by atoms with E-state index in [1.807, 2.05) is 6.92 Å². The molecule has 0 aliphatic rings. The molecular formula is C11H12N4O3S. The molecule has 0 fully saturated rings. The molecule has 0 saturated heterocycles. The number of methoxy groups -OCH3 is 2. The minimum atomic E-state index is -0.358. The van der Waals surface area contributed by atoms with Crippen molar-refractivity contribution in [3.8, 4) is 11.8 Å². The normalized spacial score (nSPS) is 10.1. The van der Waals surface area contributed by atoms with Crippen LogP contribution in [0.2, 0.25) is 0 Å². The maximum Gasteiger partial charge on any atom is 0.262 e. The summed E-state index contributed by atoms with van der Waals surface area (Å²) in [6.45, 7) is 1.81. The van der Waals surface area contributed by atoms with Gasteiger partial charge in [-0.25, -0.2) is 0 Å². The van der Waals surface area contributed by atoms with E-state index in [2.05, 4.69) is 20.5 Å². The van der Waals surface area contributed by atoms with Crippen LogP contribution in [0, 0.1) is 6.92 Å². The molecule has 1 N–H and O–H groups in total. The Bertz CT molecular complexity index is 599. The molecule has 0 bridgehead atoms. The predicted molar refractivity (Wildman–Crippen MR) is 69.9 cm³/mol. The summed E-state index contributed by atoms with van der Waals surface area (Å²) in [4.78, 5) is 16.1. The van der Waals surface area contributed by atoms with Crippen molar-refractivity contribution in [2.75, 3.05) is 19.5 Å². The molecule has 0 spiro atoms. The molecule has 0 unspecified atom stereocenters. The summed E-state index contributed by atoms with van der Waals surface area (Å²) < 4.78 is 10.0. The molecule has 19 heavy (non-hydrogen) atoms. The standard InChI is InChI=1S/C11H12N4O3S/c1-6-14-15-11(19-6)13-9(16)7-4-5-8(17-2)12-10(7)18-3/h4-5H,1-3H3,(H,13,15,16). The molecule has 0 radical (unpaired) electrons. The molecule has 0 aliphatic heterocycles. The average Bonchev–Trinajstić information content (AvgIpc) is 2.83. The Morgan fingerprint density at radius 1 is 1.26 bits per heavy atom. The Hall–Kier alpha value is -2.22. The number of anilines is 1. The van der Waals surface area contributed by atoms with Gasteiger partial charge in [0.2, 0.25) is 16.9 Å². The molecule has 1 amide bonds. The van der Waals surface area contributed by atoms with E-state index in [1.165, 1.54) is 25.6 Å². The second-order valence-electron chi connectivity index (χ2n) is 3.49. The number of rotatable bonds is 4. The summed E-state index contributed by atoms with van der Waals surface area (Å²) in [6, 6.07) is 3.16. The zero-order valence-electron chi connectivity index (χ0n) is 10.6. The van der Waals surface area contributed by atoms with Crippen LogP contribution >= 0.6 is 11.3 Å². The average molecular weight is 280 g/mol. The summed E-state index contributed by atoms with van der Waals surface area (Å²) in [5, 5.41) is 11.5. The second kappa shape index (κ2) is 5.61. The predicted octanol–water partition coefficient (Wildman–Crippen LogP) is 1.51. The number of aromatic nitrogens is 3. The molecule has 100 valence electrons. The smallest absolute Gasteiger partial charge is 0.262 e. The van der Waals surface area contributed by atoms with Gasteiger partial charge in [-0.1, -0.05) is 11.3 Å². The molecule has 2 aromatic heterocycles. The first-order valence-corrected chi connectivity index (χ1v) is 6.16. The molecule has 0 atom stereocenters. The van der Waals surface area contributed by atoms with E-state index < -0.39 is 0 Å². The summed E-state index contributed by atoms with van der Waals surface area (Å²) in [5.41, 5.74) is 0.302. The first-order valence-electron chi connectivity index (χ1n) is 5.34. The van der Waals surface area contributed by atoms with Crippen LogP contribution in [0.15, 0.2) is 12.1 Å². The van der Waals surface area contributed by atoms with E-state index in [0.717, 1.165) is 5.01 Å². The van der Waals surface area contributed by atoms with Crippen LogP contribution in [-0.2, 0) is 0 Å². The fourth-order valence-electron chi connectivity index (χ4n) is 1.38. The number of carbonyl (C=O) groups excluding carboxylic acids is 1. The highest BCUT2D eigenvalue weighted by Crippen LogP contribution is 2.22. The highest BCUT2D eigenvalue weighted by molar-refractivity contribution is 7.15. The van der Waals surface area contributed by atoms with Crippen molar-refractivity contribution in [3.05, 3.63) is 22.7 Å². The van der Waals surface area contributed by atoms with E-state index in [-0.39, 0.29) is 11.8 Å². The first kappa shape index (κ1) is 13.2. The van der Waals surface area contributed by atoms with Gasteiger partial charge < -0.3 is 9.47 Å². The highest BCUT2D eigenvalue weighted by atomic mass is 32.1. The van der Waals surface area contributed by atoms with Crippen LogP contribution in [0.4, 0.5) is 5.13 Å². The van der Waals surface area contributed by atoms with E-state index in [1.54, 1.807) is 12.1 Å². The summed E-state index contributed by atoms with van der Waals surface area (Å²) in [5.74, 6) is 0.210. The Labute approximate surface area is 113 Å². The number of hydrogen-bond donors (Lipinski definition) is 1. The van der Waals surface area contributed by atoms with Crippen LogP contribution in [0.3, 0.4) is 0 Å². The van der Waals surface area contributed by atoms with Crippen molar-refractivity contribution in [2.45, 2.75) is 6.92 Å². The lowest BCUT2D eigenvalue weighted by Crippen LogP contribution is -2.14. The molecule has 2 aromatic rings. The van der Waals surface area contributed by atoms with Gasteiger partial charge in [0.1, 0.15) is 10.6 Å². The number of aryl methyl sites for hydroxylation is 1. The SMILES string of the molecule is COc1ccc(C(=O)Nc2nnc(C)s2)c(OC)n1. The maximum atomic E-state index is 12.1. The quantitative estimate of drug-likeness (QED) is 0.913. The van der Waals surface area contributed by atoms with Gasteiger partial charge in [-0.3, -0.25) is 10.1 Å². The van der Waals surface area contributed by atoms with Gasteiger partial charge in [-0.15, -0.1) is 10.2 Å². The number of amides is 1. The molecule has 0 aliphatic carbocycles. The lowest BCUT2D eigenvalue weighted by Gasteiger charge is -2.08. The summed E-state index contributed by atoms with van der Waals surface area (Å²) in [7, 11) is 2.93. The number of carbonyl (C=O) groups is 1. The molecule has 2 heterocycles. The number of hydrogen-bond acceptors (Lipinski definition) is 7. The molecule has 0 saturated carbocycles. The summed E-state index contributed by atoms with van der Waals surface area (Å²) in [6.07, 6.45) is 0. The molecule has 2 rings (SSSR count). The first-order chi connectivity index (χ1) is 9.13. The number of nitrogens with one attached hydrogen (secondary N) is 1. The Balaban J connectivity index is 2.23. The monoisotopic (exact) mass is 280 g/mol. The summed E-state index contributed by atoms with van der Waals surface area (Å²) >= 11 is 1.29. The Kier molecular flexibility index (Phi) is 3.91. The van der Waals surface area contributed by atoms with E-state index in [0.29, 0.717) is 16.6 Å². The topological polar surface area (TPSA) is 86.2 Å². The zero-order valence-corrected chi connectivity index (χ0v) is 11.4. The van der Waals surface area contributed by atoms with Gasteiger partial charge in [0.05, 0.1) is 14.2 Å². The van der Waals surface area contributed by atoms with Gasteiger partial charge in [0.15, 0.2) is 0 Å². The van der Waals surface area contributed by atoms with Crippen molar-refractivity contribution < 1.29 is 14.3 Å². The molecule has 8 heteroatoms. The van der Waals surface area contributed by atoms with Gasteiger partial charge in [0, 0.05) is 6.07 Å². The second-order valence-corrected chi connectivity index (χ2v) is 4.67. The molecule has 0 aromatic carbocycles. The van der Waals surface area contributed by atoms with Crippen molar-refractivity contribution >= 4 is 22.4 Å². The van der Waals surface area contributed by atoms with E-state index >= 15 is 0 Å². The molecule has 7 nitrogen and oxygen atoms in total. The van der Waals surface area contributed by atoms with Crippen molar-refractivity contribution in [3.63, 3.8) is 0 Å². The van der Waals surface area contributed by atoms with E-state index in [9.17, 15) is 4.79 Å². The zero-order chi connectivity index (χ0) is 13.8. The third-order valence-corrected chi connectivity index (χ3v) is 2.98. The third kappa shape index (κ3) is 2.97. The Morgan fingerprint density at radius 3 is 2.63 bits per heavy atom. The van der Waals surface area contributed by atoms with Crippen LogP contribution < -0.4 is 14.8 Å². The van der Waals surface area contributed by atoms with Crippen molar-refractivity contribution in [2.24, 2.45) is 0 Å². The maximum absolute atomic E-state index is 12.1. The lowest BCUT2D eigenvalue weighted by molar-refractivity contribution is 0.102. The van der Waals surface area contributed by atoms with Crippen LogP contribution in [-0.4, -0.2) is 35.3 Å². The Morgan fingerprint density at radius 2 is 2.05 bits per heavy atom. The van der Waals surface area contributed by atoms with Crippen LogP contribution in [0.1, 0.15) is 15.4 Å². The fourth-order valence-corrected chi connectivity index (χ4v) is 1.96. The van der Waals surface area contributed by atoms with Crippen LogP contribution in [0.25, 0.3) is 0 Å². The van der Waals surface area contributed by atoms with E-state index in [4.69, 9.17) is 9.47 Å². The lowest BCUT2D eigenvalue weighted by atomic mass is 10.2. The minimum absolute atomic E-state index is 0.193. The number of pyridine rings is 1. The minimum Gasteiger partial charge on any atom is -0.481 e. The van der Waals surface area contributed by atoms with Gasteiger partial charge in [0.25, 0.3) is 5.91 Å². The van der Waals surface area contributed by atoms with Crippen molar-refractivity contribution in [1.82, 2.24) is 15.2 Å². The van der Waals surface area contributed by atoms with Crippen molar-refractivity contribution in [1.29, 1.82) is 0 Å². The molecular weight excluding hydrogens is 268 g/mol. The van der Waals surface area contributed by atoms with Crippen LogP contribution in [0.5, 0.6) is 11.8 Å².